The topological polar surface area (TPSA) is 59.0 Å². The molecule has 1 aromatic heterocycles. The number of aromatic nitrogens is 1. The van der Waals surface area contributed by atoms with Crippen molar-refractivity contribution in [3.8, 4) is 11.8 Å². The van der Waals surface area contributed by atoms with E-state index in [9.17, 15) is 5.26 Å². The van der Waals surface area contributed by atoms with Crippen LogP contribution in [0.2, 0.25) is 15.1 Å². The molecular weight excluding hydrogens is 443 g/mol. The van der Waals surface area contributed by atoms with Gasteiger partial charge in [-0.05, 0) is 36.4 Å². The molecule has 0 saturated heterocycles. The van der Waals surface area contributed by atoms with Crippen molar-refractivity contribution in [1.29, 1.82) is 5.26 Å². The zero-order valence-corrected chi connectivity index (χ0v) is 17.7. The number of benzene rings is 3. The van der Waals surface area contributed by atoms with Gasteiger partial charge in [0, 0.05) is 21.2 Å². The molecule has 7 heteroatoms. The fourth-order valence-corrected chi connectivity index (χ4v) is 3.64. The maximum Gasteiger partial charge on any atom is 0.238 e. The largest absolute Gasteiger partial charge is 0.487 e. The minimum absolute atomic E-state index is 0.201. The second kappa shape index (κ2) is 8.81. The summed E-state index contributed by atoms with van der Waals surface area (Å²) in [5, 5.41) is 11.0. The van der Waals surface area contributed by atoms with E-state index >= 15 is 0 Å². The Hall–Kier alpha value is -2.97. The molecule has 4 nitrogen and oxygen atoms in total. The van der Waals surface area contributed by atoms with Gasteiger partial charge in [-0.15, -0.1) is 0 Å². The number of nitrogens with zero attached hydrogens (tertiary/aromatic N) is 2. The maximum atomic E-state index is 9.70. The number of halogens is 3. The van der Waals surface area contributed by atoms with Crippen molar-refractivity contribution in [2.24, 2.45) is 0 Å². The lowest BCUT2D eigenvalue weighted by Gasteiger charge is -2.13. The van der Waals surface area contributed by atoms with Crippen molar-refractivity contribution in [3.05, 3.63) is 92.7 Å². The molecule has 0 aliphatic carbocycles. The highest BCUT2D eigenvalue weighted by Crippen LogP contribution is 2.36. The Morgan fingerprint density at radius 3 is 2.57 bits per heavy atom. The number of hydrogen-bond donors (Lipinski definition) is 0. The van der Waals surface area contributed by atoms with Crippen molar-refractivity contribution in [2.45, 2.75) is 6.61 Å². The van der Waals surface area contributed by atoms with Gasteiger partial charge in [0.25, 0.3) is 0 Å². The first-order chi connectivity index (χ1) is 14.5. The first kappa shape index (κ1) is 20.3. The summed E-state index contributed by atoms with van der Waals surface area (Å²) in [5.74, 6) is 0.580. The number of hydrogen-bond acceptors (Lipinski definition) is 4. The van der Waals surface area contributed by atoms with Crippen LogP contribution >= 0.6 is 34.8 Å². The van der Waals surface area contributed by atoms with Crippen LogP contribution in [-0.4, -0.2) is 4.98 Å². The number of ether oxygens (including phenoxy) is 1. The van der Waals surface area contributed by atoms with Crippen LogP contribution < -0.4 is 4.74 Å². The van der Waals surface area contributed by atoms with Gasteiger partial charge in [0.1, 0.15) is 29.5 Å². The summed E-state index contributed by atoms with van der Waals surface area (Å²) in [7, 11) is 0. The van der Waals surface area contributed by atoms with Crippen molar-refractivity contribution < 1.29 is 9.15 Å². The minimum Gasteiger partial charge on any atom is -0.487 e. The van der Waals surface area contributed by atoms with Crippen LogP contribution in [0.25, 0.3) is 22.7 Å². The van der Waals surface area contributed by atoms with E-state index in [0.29, 0.717) is 37.5 Å². The summed E-state index contributed by atoms with van der Waals surface area (Å²) in [4.78, 5) is 4.38. The highest BCUT2D eigenvalue weighted by molar-refractivity contribution is 6.36. The lowest BCUT2D eigenvalue weighted by molar-refractivity contribution is 0.306. The highest BCUT2D eigenvalue weighted by Gasteiger charge is 2.15. The number of rotatable bonds is 5. The van der Waals surface area contributed by atoms with Gasteiger partial charge in [0.15, 0.2) is 5.58 Å². The minimum atomic E-state index is 0.201. The van der Waals surface area contributed by atoms with Crippen molar-refractivity contribution in [3.63, 3.8) is 0 Å². The molecule has 0 bridgehead atoms. The summed E-state index contributed by atoms with van der Waals surface area (Å²) >= 11 is 18.8. The van der Waals surface area contributed by atoms with Gasteiger partial charge in [-0.2, -0.15) is 5.26 Å². The Bertz CT molecular complexity index is 1270. The first-order valence-corrected chi connectivity index (χ1v) is 10.0. The van der Waals surface area contributed by atoms with Crippen LogP contribution in [0.4, 0.5) is 0 Å². The summed E-state index contributed by atoms with van der Waals surface area (Å²) in [5.41, 5.74) is 2.80. The fraction of sp³-hybridized carbons (Fsp3) is 0.0435. The molecule has 4 aromatic rings. The summed E-state index contributed by atoms with van der Waals surface area (Å²) < 4.78 is 11.7. The molecule has 0 N–H and O–H groups in total. The third-order valence-electron chi connectivity index (χ3n) is 4.31. The molecule has 0 atom stereocenters. The number of para-hydroxylation sites is 2. The molecule has 0 saturated carbocycles. The quantitative estimate of drug-likeness (QED) is 0.294. The van der Waals surface area contributed by atoms with Gasteiger partial charge in [0.2, 0.25) is 5.89 Å². The zero-order chi connectivity index (χ0) is 21.1. The standard InChI is InChI=1S/C23H13Cl3N2O2/c24-17-10-15(9-16(12-27)23-28-20-7-3-4-8-21(20)30-23)22(19(26)11-17)29-13-14-5-1-2-6-18(14)25/h1-11H,13H2/b16-9+. The van der Waals surface area contributed by atoms with Crippen LogP contribution in [0.1, 0.15) is 17.0 Å². The molecule has 30 heavy (non-hydrogen) atoms. The molecule has 3 aromatic carbocycles. The molecule has 0 aliphatic heterocycles. The second-order valence-electron chi connectivity index (χ2n) is 6.34. The average Bonchev–Trinajstić information content (AvgIpc) is 3.16. The van der Waals surface area contributed by atoms with Crippen LogP contribution in [0.5, 0.6) is 5.75 Å². The normalized spacial score (nSPS) is 11.5. The van der Waals surface area contributed by atoms with E-state index in [1.807, 2.05) is 36.4 Å². The number of oxazole rings is 1. The summed E-state index contributed by atoms with van der Waals surface area (Å²) in [6.07, 6.45) is 1.59. The lowest BCUT2D eigenvalue weighted by Crippen LogP contribution is -1.99. The van der Waals surface area contributed by atoms with Crippen LogP contribution in [0.3, 0.4) is 0 Å². The van der Waals surface area contributed by atoms with Gasteiger partial charge >= 0.3 is 0 Å². The fourth-order valence-electron chi connectivity index (χ4n) is 2.89. The molecule has 0 unspecified atom stereocenters. The monoisotopic (exact) mass is 454 g/mol. The molecule has 0 aliphatic rings. The van der Waals surface area contributed by atoms with Crippen LogP contribution in [0, 0.1) is 11.3 Å². The Balaban J connectivity index is 1.73. The Kier molecular flexibility index (Phi) is 5.96. The lowest BCUT2D eigenvalue weighted by atomic mass is 10.1. The third kappa shape index (κ3) is 4.29. The average molecular weight is 456 g/mol. The molecule has 0 radical (unpaired) electrons. The smallest absolute Gasteiger partial charge is 0.238 e. The molecular formula is C23H13Cl3N2O2. The molecule has 4 rings (SSSR count). The van der Waals surface area contributed by atoms with Crippen LogP contribution in [0.15, 0.2) is 65.1 Å². The molecule has 148 valence electrons. The van der Waals surface area contributed by atoms with Gasteiger partial charge in [0.05, 0.1) is 5.02 Å². The SMILES string of the molecule is N#C/C(=C\c1cc(Cl)cc(Cl)c1OCc1ccccc1Cl)c1nc2ccccc2o1. The molecule has 1 heterocycles. The zero-order valence-electron chi connectivity index (χ0n) is 15.4. The number of allylic oxidation sites excluding steroid dienone is 1. The highest BCUT2D eigenvalue weighted by atomic mass is 35.5. The molecule has 0 fully saturated rings. The summed E-state index contributed by atoms with van der Waals surface area (Å²) in [6, 6.07) is 20.0. The van der Waals surface area contributed by atoms with E-state index in [2.05, 4.69) is 11.1 Å². The maximum absolute atomic E-state index is 9.70. The number of fused-ring (bicyclic) bond motifs is 1. The first-order valence-electron chi connectivity index (χ1n) is 8.88. The Labute approximate surface area is 187 Å². The molecule has 0 amide bonds. The summed E-state index contributed by atoms with van der Waals surface area (Å²) in [6.45, 7) is 0.201. The third-order valence-corrected chi connectivity index (χ3v) is 5.18. The van der Waals surface area contributed by atoms with E-state index in [1.54, 1.807) is 30.3 Å². The van der Waals surface area contributed by atoms with E-state index in [0.717, 1.165) is 5.56 Å². The van der Waals surface area contributed by atoms with Crippen molar-refractivity contribution >= 4 is 57.6 Å². The Morgan fingerprint density at radius 1 is 1.03 bits per heavy atom. The van der Waals surface area contributed by atoms with E-state index in [4.69, 9.17) is 44.0 Å². The van der Waals surface area contributed by atoms with Crippen molar-refractivity contribution in [2.75, 3.05) is 0 Å². The van der Waals surface area contributed by atoms with E-state index in [1.165, 1.54) is 0 Å². The predicted octanol–water partition coefficient (Wildman–Crippen LogP) is 7.43. The van der Waals surface area contributed by atoms with Crippen LogP contribution in [-0.2, 0) is 6.61 Å². The Morgan fingerprint density at radius 2 is 1.80 bits per heavy atom. The molecule has 0 spiro atoms. The van der Waals surface area contributed by atoms with Crippen molar-refractivity contribution in [1.82, 2.24) is 4.98 Å². The van der Waals surface area contributed by atoms with Gasteiger partial charge in [-0.3, -0.25) is 0 Å². The van der Waals surface area contributed by atoms with Gasteiger partial charge in [-0.25, -0.2) is 4.98 Å². The van der Waals surface area contributed by atoms with Gasteiger partial charge in [-0.1, -0.05) is 65.1 Å². The van der Waals surface area contributed by atoms with Gasteiger partial charge < -0.3 is 9.15 Å². The number of nitriles is 1. The van der Waals surface area contributed by atoms with E-state index in [-0.39, 0.29) is 18.1 Å². The second-order valence-corrected chi connectivity index (χ2v) is 7.59. The predicted molar refractivity (Wildman–Crippen MR) is 120 cm³/mol. The van der Waals surface area contributed by atoms with E-state index < -0.39 is 0 Å².